The first-order chi connectivity index (χ1) is 42.0. The molecule has 0 rings (SSSR count). The lowest BCUT2D eigenvalue weighted by atomic mass is 10.1. The maximum absolute atomic E-state index is 12.9. The number of phosphoric ester groups is 1. The van der Waals surface area contributed by atoms with E-state index in [4.69, 9.17) is 18.5 Å². The third kappa shape index (κ3) is 68.5. The van der Waals surface area contributed by atoms with Crippen LogP contribution < -0.4 is 0 Å². The number of carbonyl (C=O) groups excluding carboxylic acids is 2. The lowest BCUT2D eigenvalue weighted by Gasteiger charge is -2.24. The van der Waals surface area contributed by atoms with Crippen LogP contribution in [0.4, 0.5) is 0 Å². The van der Waals surface area contributed by atoms with Gasteiger partial charge in [-0.25, -0.2) is 4.57 Å². The molecule has 0 aromatic rings. The summed E-state index contributed by atoms with van der Waals surface area (Å²) < 4.78 is 34.6. The number of ether oxygens (including phenoxy) is 2. The lowest BCUT2D eigenvalue weighted by Crippen LogP contribution is -2.37. The number of phosphoric acid groups is 1. The molecule has 0 aliphatic carbocycles. The molecule has 1 N–H and O–H groups in total. The van der Waals surface area contributed by atoms with Gasteiger partial charge in [0.2, 0.25) is 0 Å². The zero-order chi connectivity index (χ0) is 62.6. The fourth-order valence-corrected chi connectivity index (χ4v) is 9.30. The van der Waals surface area contributed by atoms with Gasteiger partial charge in [-0.3, -0.25) is 18.6 Å². The second-order valence-electron chi connectivity index (χ2n) is 23.1. The van der Waals surface area contributed by atoms with E-state index in [1.165, 1.54) is 70.6 Å². The Morgan fingerprint density at radius 2 is 0.663 bits per heavy atom. The molecule has 486 valence electrons. The van der Waals surface area contributed by atoms with E-state index >= 15 is 0 Å². The van der Waals surface area contributed by atoms with Gasteiger partial charge in [0.1, 0.15) is 19.8 Å². The van der Waals surface area contributed by atoms with E-state index in [0.29, 0.717) is 17.4 Å². The van der Waals surface area contributed by atoms with Crippen LogP contribution in [0.1, 0.15) is 245 Å². The summed E-state index contributed by atoms with van der Waals surface area (Å²) in [5.74, 6) is -0.841. The van der Waals surface area contributed by atoms with Crippen LogP contribution >= 0.6 is 7.82 Å². The van der Waals surface area contributed by atoms with Crippen LogP contribution in [0.2, 0.25) is 0 Å². The van der Waals surface area contributed by atoms with Crippen molar-refractivity contribution in [1.29, 1.82) is 0 Å². The van der Waals surface area contributed by atoms with Crippen LogP contribution in [0.15, 0.2) is 170 Å². The number of allylic oxidation sites excluding steroid dienone is 28. The molecule has 0 aliphatic heterocycles. The van der Waals surface area contributed by atoms with Gasteiger partial charge in [-0.15, -0.1) is 0 Å². The average molecular weight is 1210 g/mol. The van der Waals surface area contributed by atoms with Crippen molar-refractivity contribution < 1.29 is 42.1 Å². The average Bonchev–Trinajstić information content (AvgIpc) is 3.70. The molecule has 0 fully saturated rings. The van der Waals surface area contributed by atoms with Crippen molar-refractivity contribution in [1.82, 2.24) is 0 Å². The summed E-state index contributed by atoms with van der Waals surface area (Å²) in [5, 5.41) is 0. The zero-order valence-electron chi connectivity index (χ0n) is 55.2. The first-order valence-corrected chi connectivity index (χ1v) is 35.4. The van der Waals surface area contributed by atoms with Crippen molar-refractivity contribution in [2.75, 3.05) is 47.5 Å². The van der Waals surface area contributed by atoms with Gasteiger partial charge in [0.05, 0.1) is 27.7 Å². The van der Waals surface area contributed by atoms with Crippen molar-refractivity contribution in [3.8, 4) is 0 Å². The van der Waals surface area contributed by atoms with Gasteiger partial charge < -0.3 is 18.9 Å². The molecule has 0 amide bonds. The first-order valence-electron chi connectivity index (χ1n) is 33.9. The molecular formula is C76H125NO8P+. The predicted molar refractivity (Wildman–Crippen MR) is 371 cm³/mol. The van der Waals surface area contributed by atoms with Gasteiger partial charge in [-0.05, 0) is 135 Å². The third-order valence-electron chi connectivity index (χ3n) is 13.7. The molecule has 2 atom stereocenters. The standard InChI is InChI=1S/C76H124NO8P/c1-6-8-10-12-14-16-18-20-22-24-26-28-29-30-31-32-33-34-35-36-37-38-39-40-41-42-43-44-45-46-47-49-51-53-55-57-59-61-63-65-67-69-76(79)85-74(73-84-86(80,81)83-71-70-77(3,4)5)72-82-75(78)68-66-64-62-60-58-56-54-52-50-48-27-25-23-21-19-17-15-13-11-9-7-2/h8,10,14,16,19-22,25-28,30-31,33-34,36-37,39-40,42-43,45-46,49,51,55,57,74H,6-7,9,11-13,15,17-18,23-24,29,32,35,38,41,44,47-48,50,52-54,56,58-73H2,1-5H3/p+1/b10-8-,16-14-,21-19-,22-20-,27-25-,28-26-,31-30-,34-33-,37-36-,40-39-,43-42-,46-45-,51-49-,57-55-. The highest BCUT2D eigenvalue weighted by atomic mass is 31.2. The monoisotopic (exact) mass is 1210 g/mol. The van der Waals surface area contributed by atoms with E-state index in [-0.39, 0.29) is 32.0 Å². The number of hydrogen-bond acceptors (Lipinski definition) is 7. The molecule has 0 aromatic heterocycles. The molecule has 0 bridgehead atoms. The number of unbranched alkanes of at least 4 members (excludes halogenated alkanes) is 18. The van der Waals surface area contributed by atoms with Crippen molar-refractivity contribution in [3.63, 3.8) is 0 Å². The van der Waals surface area contributed by atoms with Crippen molar-refractivity contribution in [3.05, 3.63) is 170 Å². The Balaban J connectivity index is 4.20. The number of hydrogen-bond donors (Lipinski definition) is 1. The van der Waals surface area contributed by atoms with Gasteiger partial charge in [-0.2, -0.15) is 0 Å². The minimum absolute atomic E-state index is 0.0168. The summed E-state index contributed by atoms with van der Waals surface area (Å²) in [5.41, 5.74) is 0. The predicted octanol–water partition coefficient (Wildman–Crippen LogP) is 22.2. The number of nitrogens with zero attached hydrogens (tertiary/aromatic N) is 1. The molecule has 0 spiro atoms. The minimum Gasteiger partial charge on any atom is -0.462 e. The van der Waals surface area contributed by atoms with Crippen LogP contribution in [0.3, 0.4) is 0 Å². The number of rotatable bonds is 60. The summed E-state index contributed by atoms with van der Waals surface area (Å²) >= 11 is 0. The maximum Gasteiger partial charge on any atom is 0.472 e. The molecular weight excluding hydrogens is 1090 g/mol. The third-order valence-corrected chi connectivity index (χ3v) is 14.7. The summed E-state index contributed by atoms with van der Waals surface area (Å²) in [6.45, 7) is 4.26. The number of carbonyl (C=O) groups is 2. The van der Waals surface area contributed by atoms with E-state index in [1.54, 1.807) is 0 Å². The van der Waals surface area contributed by atoms with Crippen molar-refractivity contribution in [2.24, 2.45) is 0 Å². The van der Waals surface area contributed by atoms with Crippen LogP contribution in [-0.4, -0.2) is 74.9 Å². The lowest BCUT2D eigenvalue weighted by molar-refractivity contribution is -0.870. The molecule has 0 aromatic carbocycles. The maximum atomic E-state index is 12.9. The van der Waals surface area contributed by atoms with E-state index in [1.807, 2.05) is 21.1 Å². The Morgan fingerprint density at radius 1 is 0.372 bits per heavy atom. The Morgan fingerprint density at radius 3 is 0.988 bits per heavy atom. The second kappa shape index (κ2) is 64.8. The Bertz CT molecular complexity index is 2060. The molecule has 0 heterocycles. The smallest absolute Gasteiger partial charge is 0.462 e. The van der Waals surface area contributed by atoms with Crippen molar-refractivity contribution >= 4 is 19.8 Å². The second-order valence-corrected chi connectivity index (χ2v) is 24.6. The topological polar surface area (TPSA) is 108 Å². The molecule has 0 saturated carbocycles. The molecule has 0 radical (unpaired) electrons. The highest BCUT2D eigenvalue weighted by Crippen LogP contribution is 2.43. The highest BCUT2D eigenvalue weighted by Gasteiger charge is 2.27. The largest absolute Gasteiger partial charge is 0.472 e. The molecule has 86 heavy (non-hydrogen) atoms. The van der Waals surface area contributed by atoms with Gasteiger partial charge in [0, 0.05) is 12.8 Å². The summed E-state index contributed by atoms with van der Waals surface area (Å²) in [6.07, 6.45) is 98.7. The summed E-state index contributed by atoms with van der Waals surface area (Å²) in [6, 6.07) is 0. The van der Waals surface area contributed by atoms with Gasteiger partial charge in [-0.1, -0.05) is 267 Å². The van der Waals surface area contributed by atoms with Gasteiger partial charge in [0.15, 0.2) is 6.10 Å². The highest BCUT2D eigenvalue weighted by molar-refractivity contribution is 7.47. The number of quaternary nitrogens is 1. The Kier molecular flexibility index (Phi) is 61.3. The first kappa shape index (κ1) is 81.4. The number of likely N-dealkylation sites (N-methyl/N-ethyl adjacent to an activating group) is 1. The van der Waals surface area contributed by atoms with Crippen molar-refractivity contribution in [2.45, 2.75) is 251 Å². The molecule has 10 heteroatoms. The Hall–Kier alpha value is -4.63. The van der Waals surface area contributed by atoms with Crippen LogP contribution in [0.5, 0.6) is 0 Å². The van der Waals surface area contributed by atoms with E-state index in [9.17, 15) is 19.0 Å². The summed E-state index contributed by atoms with van der Waals surface area (Å²) in [4.78, 5) is 35.8. The van der Waals surface area contributed by atoms with Gasteiger partial charge in [0.25, 0.3) is 0 Å². The van der Waals surface area contributed by atoms with E-state index in [0.717, 1.165) is 141 Å². The SMILES string of the molecule is CC/C=C\C/C=C\C/C=C\C/C=C\C/C=C\C/C=C\C/C=C\C/C=C\C/C=C\C/C=C\C/C=C\C/C=C\CCCCCCC(=O)OC(COC(=O)CCCCCCCCCCC/C=C\C/C=C\CCCCCCC)COP(=O)(O)OCC[N+](C)(C)C. The van der Waals surface area contributed by atoms with E-state index in [2.05, 4.69) is 184 Å². The number of esters is 2. The minimum atomic E-state index is -4.41. The summed E-state index contributed by atoms with van der Waals surface area (Å²) in [7, 11) is 1.43. The molecule has 9 nitrogen and oxygen atoms in total. The Labute approximate surface area is 528 Å². The van der Waals surface area contributed by atoms with Crippen LogP contribution in [0, 0.1) is 0 Å². The normalized spacial score (nSPS) is 14.3. The van der Waals surface area contributed by atoms with E-state index < -0.39 is 26.5 Å². The fourth-order valence-electron chi connectivity index (χ4n) is 8.56. The quantitative estimate of drug-likeness (QED) is 0.0211. The zero-order valence-corrected chi connectivity index (χ0v) is 56.1. The molecule has 0 saturated heterocycles. The van der Waals surface area contributed by atoms with Crippen LogP contribution in [-0.2, 0) is 32.7 Å². The fraction of sp³-hybridized carbons (Fsp3) is 0.605. The van der Waals surface area contributed by atoms with Crippen LogP contribution in [0.25, 0.3) is 0 Å². The molecule has 0 aliphatic rings. The van der Waals surface area contributed by atoms with Gasteiger partial charge >= 0.3 is 19.8 Å². The molecule has 2 unspecified atom stereocenters.